The Morgan fingerprint density at radius 2 is 1.56 bits per heavy atom. The number of primary amides is 1. The number of carbonyl (C=O) groups excluding carboxylic acids is 4. The Balaban J connectivity index is 1.60. The lowest BCUT2D eigenvalue weighted by atomic mass is 10.1. The van der Waals surface area contributed by atoms with Crippen molar-refractivity contribution in [3.05, 3.63) is 65.4 Å². The van der Waals surface area contributed by atoms with Crippen molar-refractivity contribution < 1.29 is 23.6 Å². The van der Waals surface area contributed by atoms with E-state index in [-0.39, 0.29) is 22.6 Å². The molecule has 0 unspecified atom stereocenters. The quantitative estimate of drug-likeness (QED) is 0.684. The molecule has 1 aromatic heterocycles. The number of benzene rings is 2. The van der Waals surface area contributed by atoms with Crippen molar-refractivity contribution in [2.45, 2.75) is 0 Å². The van der Waals surface area contributed by atoms with Crippen LogP contribution in [0.25, 0.3) is 11.0 Å². The van der Waals surface area contributed by atoms with E-state index in [1.54, 1.807) is 36.4 Å². The summed E-state index contributed by atoms with van der Waals surface area (Å²) in [6, 6.07) is 13.0. The van der Waals surface area contributed by atoms with Crippen LogP contribution >= 0.6 is 0 Å². The molecular weight excluding hydrogens is 350 g/mol. The van der Waals surface area contributed by atoms with Gasteiger partial charge in [0.05, 0.1) is 11.1 Å². The highest BCUT2D eigenvalue weighted by Gasteiger charge is 2.36. The number of fused-ring (bicyclic) bond motifs is 2. The molecule has 8 heteroatoms. The van der Waals surface area contributed by atoms with Gasteiger partial charge >= 0.3 is 0 Å². The highest BCUT2D eigenvalue weighted by molar-refractivity contribution is 6.23. The maximum Gasteiger partial charge on any atom is 0.286 e. The Labute approximate surface area is 152 Å². The molecule has 134 valence electrons. The van der Waals surface area contributed by atoms with Gasteiger partial charge < -0.3 is 15.5 Å². The van der Waals surface area contributed by atoms with Gasteiger partial charge in [0.2, 0.25) is 11.7 Å². The zero-order valence-corrected chi connectivity index (χ0v) is 13.9. The first-order valence-electron chi connectivity index (χ1n) is 8.04. The number of imide groups is 1. The van der Waals surface area contributed by atoms with Gasteiger partial charge in [-0.2, -0.15) is 0 Å². The molecule has 2 aromatic carbocycles. The zero-order valence-electron chi connectivity index (χ0n) is 13.9. The Bertz CT molecular complexity index is 1100. The van der Waals surface area contributed by atoms with Gasteiger partial charge in [-0.1, -0.05) is 24.3 Å². The van der Waals surface area contributed by atoms with E-state index < -0.39 is 30.2 Å². The lowest BCUT2D eigenvalue weighted by Crippen LogP contribution is -2.37. The first kappa shape index (κ1) is 16.5. The number of amides is 4. The predicted molar refractivity (Wildman–Crippen MR) is 95.2 cm³/mol. The monoisotopic (exact) mass is 363 g/mol. The van der Waals surface area contributed by atoms with Crippen LogP contribution in [-0.4, -0.2) is 35.1 Å². The van der Waals surface area contributed by atoms with Gasteiger partial charge in [-0.3, -0.25) is 24.1 Å². The number of rotatable bonds is 4. The molecule has 0 atom stereocenters. The van der Waals surface area contributed by atoms with Crippen molar-refractivity contribution >= 4 is 40.3 Å². The summed E-state index contributed by atoms with van der Waals surface area (Å²) in [6.45, 7) is -0.496. The van der Waals surface area contributed by atoms with E-state index in [4.69, 9.17) is 10.2 Å². The molecule has 0 radical (unpaired) electrons. The molecule has 0 aliphatic carbocycles. The van der Waals surface area contributed by atoms with Crippen LogP contribution in [0, 0.1) is 0 Å². The molecule has 0 bridgehead atoms. The molecule has 27 heavy (non-hydrogen) atoms. The minimum absolute atomic E-state index is 0.111. The molecule has 0 saturated heterocycles. The van der Waals surface area contributed by atoms with Crippen LogP contribution in [0.15, 0.2) is 52.9 Å². The fraction of sp³-hybridized carbons (Fsp3) is 0.0526. The van der Waals surface area contributed by atoms with Crippen LogP contribution in [0.2, 0.25) is 0 Å². The van der Waals surface area contributed by atoms with Gasteiger partial charge in [-0.25, -0.2) is 0 Å². The van der Waals surface area contributed by atoms with Crippen LogP contribution < -0.4 is 11.1 Å². The lowest BCUT2D eigenvalue weighted by Gasteiger charge is -2.13. The summed E-state index contributed by atoms with van der Waals surface area (Å²) in [5.41, 5.74) is 6.31. The number of nitrogens with zero attached hydrogens (tertiary/aromatic N) is 1. The van der Waals surface area contributed by atoms with Crippen molar-refractivity contribution in [2.24, 2.45) is 5.73 Å². The van der Waals surface area contributed by atoms with Crippen LogP contribution in [0.3, 0.4) is 0 Å². The van der Waals surface area contributed by atoms with Gasteiger partial charge in [0.25, 0.3) is 17.7 Å². The molecule has 3 aromatic rings. The summed E-state index contributed by atoms with van der Waals surface area (Å²) in [5.74, 6) is -2.79. The summed E-state index contributed by atoms with van der Waals surface area (Å²) >= 11 is 0. The summed E-state index contributed by atoms with van der Waals surface area (Å²) in [5, 5.41) is 3.02. The molecule has 4 rings (SSSR count). The molecule has 2 heterocycles. The molecule has 1 aliphatic heterocycles. The maximum atomic E-state index is 12.5. The number of anilines is 1. The fourth-order valence-electron chi connectivity index (χ4n) is 3.05. The van der Waals surface area contributed by atoms with Crippen molar-refractivity contribution in [2.75, 3.05) is 11.9 Å². The minimum atomic E-state index is -0.845. The van der Waals surface area contributed by atoms with Crippen LogP contribution in [0.5, 0.6) is 0 Å². The Morgan fingerprint density at radius 1 is 0.963 bits per heavy atom. The number of para-hydroxylation sites is 1. The lowest BCUT2D eigenvalue weighted by molar-refractivity contribution is -0.116. The number of nitrogens with two attached hydrogens (primary N) is 1. The number of carbonyl (C=O) groups is 4. The summed E-state index contributed by atoms with van der Waals surface area (Å²) < 4.78 is 5.39. The van der Waals surface area contributed by atoms with Gasteiger partial charge in [0, 0.05) is 5.39 Å². The highest BCUT2D eigenvalue weighted by Crippen LogP contribution is 2.30. The molecule has 1 aliphatic rings. The average molecular weight is 363 g/mol. The van der Waals surface area contributed by atoms with E-state index >= 15 is 0 Å². The second-order valence-electron chi connectivity index (χ2n) is 5.96. The van der Waals surface area contributed by atoms with E-state index in [0.717, 1.165) is 4.90 Å². The predicted octanol–water partition coefficient (Wildman–Crippen LogP) is 1.77. The van der Waals surface area contributed by atoms with E-state index in [9.17, 15) is 19.2 Å². The van der Waals surface area contributed by atoms with Gasteiger partial charge in [-0.05, 0) is 24.3 Å². The summed E-state index contributed by atoms with van der Waals surface area (Å²) in [6.07, 6.45) is 0. The molecule has 0 spiro atoms. The third kappa shape index (κ3) is 2.63. The van der Waals surface area contributed by atoms with Gasteiger partial charge in [0.15, 0.2) is 0 Å². The number of nitrogens with one attached hydrogen (secondary N) is 1. The SMILES string of the molecule is NC(=O)c1oc2ccccc2c1NC(=O)CN1C(=O)c2ccccc2C1=O. The average Bonchev–Trinajstić information content (AvgIpc) is 3.14. The number of hydrogen-bond acceptors (Lipinski definition) is 5. The highest BCUT2D eigenvalue weighted by atomic mass is 16.3. The van der Waals surface area contributed by atoms with Crippen LogP contribution in [0.1, 0.15) is 31.3 Å². The first-order valence-corrected chi connectivity index (χ1v) is 8.04. The largest absolute Gasteiger partial charge is 0.449 e. The summed E-state index contributed by atoms with van der Waals surface area (Å²) in [4.78, 5) is 49.7. The second-order valence-corrected chi connectivity index (χ2v) is 5.96. The molecule has 0 saturated carbocycles. The van der Waals surface area contributed by atoms with E-state index in [1.807, 2.05) is 0 Å². The van der Waals surface area contributed by atoms with E-state index in [2.05, 4.69) is 5.32 Å². The normalized spacial score (nSPS) is 13.1. The van der Waals surface area contributed by atoms with Crippen molar-refractivity contribution in [3.63, 3.8) is 0 Å². The van der Waals surface area contributed by atoms with E-state index in [0.29, 0.717) is 11.0 Å². The first-order chi connectivity index (χ1) is 13.0. The standard InChI is InChI=1S/C19H13N3O5/c20-17(24)16-15(12-7-3-4-8-13(12)27-16)21-14(23)9-22-18(25)10-5-1-2-6-11(10)19(22)26/h1-8H,9H2,(H2,20,24)(H,21,23). The van der Waals surface area contributed by atoms with Crippen LogP contribution in [-0.2, 0) is 4.79 Å². The maximum absolute atomic E-state index is 12.5. The van der Waals surface area contributed by atoms with E-state index in [1.165, 1.54) is 12.1 Å². The minimum Gasteiger partial charge on any atom is -0.449 e. The zero-order chi connectivity index (χ0) is 19.1. The van der Waals surface area contributed by atoms with Gasteiger partial charge in [0.1, 0.15) is 17.8 Å². The van der Waals surface area contributed by atoms with Gasteiger partial charge in [-0.15, -0.1) is 0 Å². The fourth-order valence-corrected chi connectivity index (χ4v) is 3.05. The third-order valence-corrected chi connectivity index (χ3v) is 4.26. The molecule has 0 fully saturated rings. The van der Waals surface area contributed by atoms with Crippen molar-refractivity contribution in [1.82, 2.24) is 4.90 Å². The van der Waals surface area contributed by atoms with Crippen molar-refractivity contribution in [3.8, 4) is 0 Å². The Morgan fingerprint density at radius 3 is 2.19 bits per heavy atom. The van der Waals surface area contributed by atoms with Crippen LogP contribution in [0.4, 0.5) is 5.69 Å². The third-order valence-electron chi connectivity index (χ3n) is 4.26. The smallest absolute Gasteiger partial charge is 0.286 e. The summed E-state index contributed by atoms with van der Waals surface area (Å²) in [7, 11) is 0. The molecular formula is C19H13N3O5. The topological polar surface area (TPSA) is 123 Å². The number of furan rings is 1. The number of hydrogen-bond donors (Lipinski definition) is 2. The molecule has 3 N–H and O–H groups in total. The molecule has 8 nitrogen and oxygen atoms in total. The van der Waals surface area contributed by atoms with Crippen molar-refractivity contribution in [1.29, 1.82) is 0 Å². The second kappa shape index (κ2) is 6.10. The Hall–Kier alpha value is -3.94. The molecule has 4 amide bonds. The Kier molecular flexibility index (Phi) is 3.73.